The van der Waals surface area contributed by atoms with Crippen LogP contribution in [0.15, 0.2) is 16.9 Å². The summed E-state index contributed by atoms with van der Waals surface area (Å²) in [7, 11) is 0. The van der Waals surface area contributed by atoms with E-state index >= 15 is 0 Å². The Morgan fingerprint density at radius 3 is 2.72 bits per heavy atom. The van der Waals surface area contributed by atoms with Crippen molar-refractivity contribution in [3.8, 4) is 11.5 Å². The van der Waals surface area contributed by atoms with Gasteiger partial charge in [-0.2, -0.15) is 0 Å². The van der Waals surface area contributed by atoms with E-state index in [9.17, 15) is 4.79 Å². The molecule has 0 unspecified atom stereocenters. The lowest BCUT2D eigenvalue weighted by molar-refractivity contribution is 0.297. The third kappa shape index (κ3) is 1.90. The van der Waals surface area contributed by atoms with E-state index in [-0.39, 0.29) is 11.4 Å². The number of nitrogens with one attached hydrogen (secondary N) is 1. The Balaban J connectivity index is 2.25. The van der Waals surface area contributed by atoms with Crippen LogP contribution in [0.3, 0.4) is 0 Å². The van der Waals surface area contributed by atoms with Crippen LogP contribution in [0.4, 0.5) is 0 Å². The molecule has 2 heterocycles. The Morgan fingerprint density at radius 1 is 1.28 bits per heavy atom. The fraction of sp³-hybridized carbons (Fsp3) is 0.333. The van der Waals surface area contributed by atoms with E-state index in [1.54, 1.807) is 12.1 Å². The number of benzene rings is 1. The van der Waals surface area contributed by atoms with E-state index in [1.165, 1.54) is 0 Å². The third-order valence-corrected chi connectivity index (χ3v) is 3.00. The first-order valence-corrected chi connectivity index (χ1v) is 6.20. The molecule has 0 amide bonds. The summed E-state index contributed by atoms with van der Waals surface area (Å²) >= 11 is 5.68. The molecule has 0 saturated carbocycles. The van der Waals surface area contributed by atoms with Gasteiger partial charge in [-0.1, -0.05) is 0 Å². The number of H-pyrrole nitrogens is 1. The molecule has 3 rings (SSSR count). The average molecular weight is 267 g/mol. The van der Waals surface area contributed by atoms with Crippen LogP contribution >= 0.6 is 11.6 Å². The molecule has 1 aliphatic heterocycles. The van der Waals surface area contributed by atoms with Crippen molar-refractivity contribution in [2.75, 3.05) is 13.2 Å². The van der Waals surface area contributed by atoms with Crippen molar-refractivity contribution >= 4 is 22.5 Å². The summed E-state index contributed by atoms with van der Waals surface area (Å²) in [4.78, 5) is 18.8. The van der Waals surface area contributed by atoms with Gasteiger partial charge in [0.05, 0.1) is 30.0 Å². The highest BCUT2D eigenvalue weighted by molar-refractivity contribution is 6.16. The summed E-state index contributed by atoms with van der Waals surface area (Å²) in [5, 5.41) is 0.480. The van der Waals surface area contributed by atoms with Crippen molar-refractivity contribution in [3.63, 3.8) is 0 Å². The zero-order chi connectivity index (χ0) is 12.5. The standard InChI is InChI=1S/C12H11ClN2O3/c13-6-11-14-8-5-10-9(17-2-1-3-18-10)4-7(8)12(16)15-11/h4-5H,1-3,6H2,(H,14,15,16). The highest BCUT2D eigenvalue weighted by Gasteiger charge is 2.14. The monoisotopic (exact) mass is 266 g/mol. The lowest BCUT2D eigenvalue weighted by atomic mass is 10.2. The number of nitrogens with zero attached hydrogens (tertiary/aromatic N) is 1. The maximum Gasteiger partial charge on any atom is 0.258 e. The van der Waals surface area contributed by atoms with Gasteiger partial charge in [0, 0.05) is 12.5 Å². The van der Waals surface area contributed by atoms with Gasteiger partial charge in [0.1, 0.15) is 5.82 Å². The highest BCUT2D eigenvalue weighted by Crippen LogP contribution is 2.32. The van der Waals surface area contributed by atoms with Crippen molar-refractivity contribution < 1.29 is 9.47 Å². The lowest BCUT2D eigenvalue weighted by Gasteiger charge is -2.08. The number of aromatic amines is 1. The second-order valence-electron chi connectivity index (χ2n) is 4.01. The smallest absolute Gasteiger partial charge is 0.258 e. The molecule has 0 saturated heterocycles. The Labute approximate surface area is 108 Å². The van der Waals surface area contributed by atoms with E-state index in [1.807, 2.05) is 0 Å². The highest BCUT2D eigenvalue weighted by atomic mass is 35.5. The summed E-state index contributed by atoms with van der Waals surface area (Å²) in [5.74, 6) is 1.83. The molecule has 0 bridgehead atoms. The van der Waals surface area contributed by atoms with Crippen LogP contribution in [0, 0.1) is 0 Å². The van der Waals surface area contributed by atoms with E-state index in [4.69, 9.17) is 21.1 Å². The van der Waals surface area contributed by atoms with E-state index in [0.717, 1.165) is 6.42 Å². The third-order valence-electron chi connectivity index (χ3n) is 2.75. The lowest BCUT2D eigenvalue weighted by Crippen LogP contribution is -2.11. The van der Waals surface area contributed by atoms with Crippen molar-refractivity contribution in [1.29, 1.82) is 0 Å². The zero-order valence-corrected chi connectivity index (χ0v) is 10.3. The van der Waals surface area contributed by atoms with Gasteiger partial charge in [0.15, 0.2) is 11.5 Å². The number of aromatic nitrogens is 2. The van der Waals surface area contributed by atoms with Gasteiger partial charge in [-0.05, 0) is 6.07 Å². The molecule has 0 radical (unpaired) electrons. The molecule has 5 nitrogen and oxygen atoms in total. The SMILES string of the molecule is O=c1[nH]c(CCl)nc2cc3c(cc12)OCCCO3. The summed E-state index contributed by atoms with van der Waals surface area (Å²) in [6.07, 6.45) is 0.821. The molecule has 0 atom stereocenters. The first-order chi connectivity index (χ1) is 8.78. The van der Waals surface area contributed by atoms with Gasteiger partial charge in [0.25, 0.3) is 5.56 Å². The molecule has 94 valence electrons. The summed E-state index contributed by atoms with van der Waals surface area (Å²) < 4.78 is 11.1. The number of rotatable bonds is 1. The minimum absolute atomic E-state index is 0.166. The number of ether oxygens (including phenoxy) is 2. The van der Waals surface area contributed by atoms with Crippen molar-refractivity contribution in [2.24, 2.45) is 0 Å². The van der Waals surface area contributed by atoms with Gasteiger partial charge in [-0.3, -0.25) is 4.79 Å². The maximum atomic E-state index is 11.9. The van der Waals surface area contributed by atoms with Crippen molar-refractivity contribution in [3.05, 3.63) is 28.3 Å². The fourth-order valence-corrected chi connectivity index (χ4v) is 2.03. The van der Waals surface area contributed by atoms with Crippen LogP contribution in [0.2, 0.25) is 0 Å². The Bertz CT molecular complexity index is 654. The fourth-order valence-electron chi connectivity index (χ4n) is 1.91. The van der Waals surface area contributed by atoms with Crippen LogP contribution < -0.4 is 15.0 Å². The molecule has 6 heteroatoms. The average Bonchev–Trinajstić information content (AvgIpc) is 2.61. The molecule has 0 spiro atoms. The molecular formula is C12H11ClN2O3. The Morgan fingerprint density at radius 2 is 2.00 bits per heavy atom. The van der Waals surface area contributed by atoms with E-state index in [2.05, 4.69) is 9.97 Å². The Hall–Kier alpha value is -1.75. The van der Waals surface area contributed by atoms with E-state index < -0.39 is 0 Å². The Kier molecular flexibility index (Phi) is 2.83. The molecule has 1 aliphatic rings. The molecule has 1 aromatic carbocycles. The van der Waals surface area contributed by atoms with Crippen LogP contribution in [-0.4, -0.2) is 23.2 Å². The summed E-state index contributed by atoms with van der Waals surface area (Å²) in [6.45, 7) is 1.19. The molecule has 0 aliphatic carbocycles. The number of hydrogen-bond donors (Lipinski definition) is 1. The molecule has 1 aromatic heterocycles. The quantitative estimate of drug-likeness (QED) is 0.800. The largest absolute Gasteiger partial charge is 0.490 e. The number of halogens is 1. The normalized spacial score (nSPS) is 14.5. The summed E-state index contributed by atoms with van der Waals surface area (Å²) in [6, 6.07) is 3.39. The van der Waals surface area contributed by atoms with Crippen molar-refractivity contribution in [1.82, 2.24) is 9.97 Å². The van der Waals surface area contributed by atoms with Crippen LogP contribution in [0.1, 0.15) is 12.2 Å². The summed E-state index contributed by atoms with van der Waals surface area (Å²) in [5.41, 5.74) is 0.352. The minimum atomic E-state index is -0.216. The van der Waals surface area contributed by atoms with E-state index in [0.29, 0.717) is 41.4 Å². The number of hydrogen-bond acceptors (Lipinski definition) is 4. The first kappa shape index (κ1) is 11.3. The maximum absolute atomic E-state index is 11.9. The minimum Gasteiger partial charge on any atom is -0.490 e. The van der Waals surface area contributed by atoms with Gasteiger partial charge in [-0.25, -0.2) is 4.98 Å². The zero-order valence-electron chi connectivity index (χ0n) is 9.53. The van der Waals surface area contributed by atoms with Crippen LogP contribution in [0.5, 0.6) is 11.5 Å². The van der Waals surface area contributed by atoms with Gasteiger partial charge in [-0.15, -0.1) is 11.6 Å². The van der Waals surface area contributed by atoms with Crippen molar-refractivity contribution in [2.45, 2.75) is 12.3 Å². The first-order valence-electron chi connectivity index (χ1n) is 5.66. The van der Waals surface area contributed by atoms with Gasteiger partial charge in [0.2, 0.25) is 0 Å². The molecule has 18 heavy (non-hydrogen) atoms. The molecule has 0 fully saturated rings. The number of alkyl halides is 1. The second-order valence-corrected chi connectivity index (χ2v) is 4.28. The van der Waals surface area contributed by atoms with Gasteiger partial charge >= 0.3 is 0 Å². The molecular weight excluding hydrogens is 256 g/mol. The number of fused-ring (bicyclic) bond motifs is 2. The predicted octanol–water partition coefficient (Wildman–Crippen LogP) is 1.82. The van der Waals surface area contributed by atoms with Gasteiger partial charge < -0.3 is 14.5 Å². The second kappa shape index (κ2) is 4.49. The molecule has 2 aromatic rings. The topological polar surface area (TPSA) is 64.2 Å². The van der Waals surface area contributed by atoms with Crippen LogP contribution in [0.25, 0.3) is 10.9 Å². The van der Waals surface area contributed by atoms with Crippen LogP contribution in [-0.2, 0) is 5.88 Å². The predicted molar refractivity (Wildman–Crippen MR) is 67.5 cm³/mol. The molecule has 1 N–H and O–H groups in total.